The summed E-state index contributed by atoms with van der Waals surface area (Å²) in [6, 6.07) is 0.779. The maximum atomic E-state index is 6.12. The Morgan fingerprint density at radius 3 is 2.79 bits per heavy atom. The summed E-state index contributed by atoms with van der Waals surface area (Å²) in [6.45, 7) is 8.57. The van der Waals surface area contributed by atoms with E-state index in [0.29, 0.717) is 28.9 Å². The van der Waals surface area contributed by atoms with Gasteiger partial charge in [-0.3, -0.25) is 4.57 Å². The molecule has 1 saturated heterocycles. The number of nitrogens with one attached hydrogen (secondary N) is 1. The zero-order valence-electron chi connectivity index (χ0n) is 17.8. The molecule has 1 unspecified atom stereocenters. The zero-order valence-corrected chi connectivity index (χ0v) is 17.8. The minimum atomic E-state index is 0.0319. The van der Waals surface area contributed by atoms with Crippen molar-refractivity contribution in [3.05, 3.63) is 0 Å². The molecule has 1 atom stereocenters. The quantitative estimate of drug-likeness (QED) is 0.548. The highest BCUT2D eigenvalue weighted by molar-refractivity contribution is 5.83. The number of methoxy groups -OCH3 is 1. The van der Waals surface area contributed by atoms with Gasteiger partial charge in [-0.15, -0.1) is 0 Å². The number of ether oxygens (including phenoxy) is 3. The van der Waals surface area contributed by atoms with E-state index in [2.05, 4.69) is 27.2 Å². The fourth-order valence-corrected chi connectivity index (χ4v) is 3.66. The maximum absolute atomic E-state index is 6.12. The topological polar surface area (TPSA) is 109 Å². The van der Waals surface area contributed by atoms with E-state index >= 15 is 0 Å². The number of imidazole rings is 1. The molecule has 0 spiro atoms. The van der Waals surface area contributed by atoms with Crippen molar-refractivity contribution in [2.75, 3.05) is 39.1 Å². The van der Waals surface area contributed by atoms with Crippen molar-refractivity contribution in [2.45, 2.75) is 58.6 Å². The van der Waals surface area contributed by atoms with Gasteiger partial charge in [0, 0.05) is 19.8 Å². The van der Waals surface area contributed by atoms with Crippen LogP contribution in [-0.4, -0.2) is 59.0 Å². The first-order chi connectivity index (χ1) is 14.1. The van der Waals surface area contributed by atoms with Gasteiger partial charge in [0.15, 0.2) is 17.0 Å². The zero-order chi connectivity index (χ0) is 20.6. The first kappa shape index (κ1) is 21.6. The van der Waals surface area contributed by atoms with Gasteiger partial charge >= 0.3 is 6.01 Å². The molecule has 1 aliphatic rings. The van der Waals surface area contributed by atoms with E-state index < -0.39 is 0 Å². The number of hydrogen-bond acceptors (Lipinski definition) is 8. The smallest absolute Gasteiger partial charge is 0.320 e. The molecule has 1 fully saturated rings. The molecule has 2 aromatic heterocycles. The summed E-state index contributed by atoms with van der Waals surface area (Å²) < 4.78 is 18.7. The van der Waals surface area contributed by atoms with E-state index in [1.807, 2.05) is 11.5 Å². The number of hydrogen-bond donors (Lipinski definition) is 2. The average Bonchev–Trinajstić information content (AvgIpc) is 3.07. The van der Waals surface area contributed by atoms with E-state index in [1.165, 1.54) is 0 Å². The summed E-state index contributed by atoms with van der Waals surface area (Å²) in [7, 11) is 1.60. The molecular weight excluding hydrogens is 372 g/mol. The Labute approximate surface area is 172 Å². The predicted octanol–water partition coefficient (Wildman–Crippen LogP) is 2.39. The number of anilines is 1. The molecule has 0 radical (unpaired) electrons. The summed E-state index contributed by atoms with van der Waals surface area (Å²) in [6.07, 6.45) is 5.21. The molecule has 0 amide bonds. The lowest BCUT2D eigenvalue weighted by atomic mass is 10.0. The molecule has 9 heteroatoms. The van der Waals surface area contributed by atoms with Gasteiger partial charge in [0.05, 0.1) is 13.2 Å². The molecule has 162 valence electrons. The summed E-state index contributed by atoms with van der Waals surface area (Å²) in [5.74, 6) is 1.02. The molecule has 3 rings (SSSR count). The summed E-state index contributed by atoms with van der Waals surface area (Å²) in [5, 5.41) is 3.55. The SMILES string of the molecule is CCCC(C)Oc1nc(N)c2nc(OC)n(CCCNCC3CCOCC3)c2n1. The normalized spacial score (nSPS) is 16.2. The van der Waals surface area contributed by atoms with Crippen molar-refractivity contribution in [1.29, 1.82) is 0 Å². The minimum absolute atomic E-state index is 0.0319. The van der Waals surface area contributed by atoms with Crippen molar-refractivity contribution in [3.8, 4) is 12.0 Å². The highest BCUT2D eigenvalue weighted by atomic mass is 16.5. The number of fused-ring (bicyclic) bond motifs is 1. The minimum Gasteiger partial charge on any atom is -0.468 e. The van der Waals surface area contributed by atoms with Crippen LogP contribution in [0.3, 0.4) is 0 Å². The number of aromatic nitrogens is 4. The van der Waals surface area contributed by atoms with Crippen LogP contribution in [0.1, 0.15) is 46.0 Å². The predicted molar refractivity (Wildman–Crippen MR) is 112 cm³/mol. The van der Waals surface area contributed by atoms with Crippen LogP contribution in [0.5, 0.6) is 12.0 Å². The molecule has 0 aromatic carbocycles. The van der Waals surface area contributed by atoms with E-state index in [1.54, 1.807) is 7.11 Å². The second-order valence-corrected chi connectivity index (χ2v) is 7.64. The van der Waals surface area contributed by atoms with Gasteiger partial charge in [-0.2, -0.15) is 15.0 Å². The van der Waals surface area contributed by atoms with Crippen LogP contribution < -0.4 is 20.5 Å². The fraction of sp³-hybridized carbons (Fsp3) is 0.750. The lowest BCUT2D eigenvalue weighted by Gasteiger charge is -2.22. The Hall–Kier alpha value is -2.13. The number of nitrogen functional groups attached to an aromatic ring is 1. The van der Waals surface area contributed by atoms with Crippen LogP contribution in [0.4, 0.5) is 5.82 Å². The number of nitrogens with two attached hydrogens (primary N) is 1. The van der Waals surface area contributed by atoms with Gasteiger partial charge in [-0.05, 0) is 51.6 Å². The fourth-order valence-electron chi connectivity index (χ4n) is 3.66. The summed E-state index contributed by atoms with van der Waals surface area (Å²) >= 11 is 0. The van der Waals surface area contributed by atoms with Crippen LogP contribution in [0.2, 0.25) is 0 Å². The third kappa shape index (κ3) is 5.70. The van der Waals surface area contributed by atoms with Crippen LogP contribution in [0.25, 0.3) is 11.2 Å². The Morgan fingerprint density at radius 1 is 1.28 bits per heavy atom. The second kappa shape index (κ2) is 10.6. The largest absolute Gasteiger partial charge is 0.468 e. The summed E-state index contributed by atoms with van der Waals surface area (Å²) in [4.78, 5) is 13.3. The molecule has 0 aliphatic carbocycles. The molecule has 0 saturated carbocycles. The third-order valence-electron chi connectivity index (χ3n) is 5.26. The van der Waals surface area contributed by atoms with Gasteiger partial charge in [0.25, 0.3) is 6.01 Å². The lowest BCUT2D eigenvalue weighted by molar-refractivity contribution is 0.0663. The van der Waals surface area contributed by atoms with Crippen LogP contribution in [0, 0.1) is 5.92 Å². The highest BCUT2D eigenvalue weighted by Gasteiger charge is 2.19. The standard InChI is InChI=1S/C20H34N6O3/c1-4-6-14(2)29-19-24-17(21)16-18(25-19)26(20(23-16)27-3)10-5-9-22-13-15-7-11-28-12-8-15/h14-15,22H,4-13H2,1-3H3,(H2,21,24,25). The van der Waals surface area contributed by atoms with Crippen molar-refractivity contribution in [1.82, 2.24) is 24.8 Å². The monoisotopic (exact) mass is 406 g/mol. The second-order valence-electron chi connectivity index (χ2n) is 7.64. The van der Waals surface area contributed by atoms with Gasteiger partial charge in [0.1, 0.15) is 0 Å². The van der Waals surface area contributed by atoms with Gasteiger partial charge in [-0.1, -0.05) is 13.3 Å². The Balaban J connectivity index is 1.64. The molecule has 2 aromatic rings. The molecule has 3 N–H and O–H groups in total. The van der Waals surface area contributed by atoms with Crippen LogP contribution >= 0.6 is 0 Å². The van der Waals surface area contributed by atoms with E-state index in [-0.39, 0.29) is 12.1 Å². The van der Waals surface area contributed by atoms with Crippen molar-refractivity contribution < 1.29 is 14.2 Å². The third-order valence-corrected chi connectivity index (χ3v) is 5.26. The van der Waals surface area contributed by atoms with E-state index in [4.69, 9.17) is 19.9 Å². The number of aryl methyl sites for hydroxylation is 1. The van der Waals surface area contributed by atoms with Crippen LogP contribution in [-0.2, 0) is 11.3 Å². The molecule has 29 heavy (non-hydrogen) atoms. The molecule has 3 heterocycles. The maximum Gasteiger partial charge on any atom is 0.320 e. The molecule has 1 aliphatic heterocycles. The average molecular weight is 407 g/mol. The van der Waals surface area contributed by atoms with Gasteiger partial charge in [0.2, 0.25) is 0 Å². The number of nitrogens with zero attached hydrogens (tertiary/aromatic N) is 4. The number of rotatable bonds is 11. The Kier molecular flexibility index (Phi) is 7.88. The van der Waals surface area contributed by atoms with E-state index in [0.717, 1.165) is 65.0 Å². The van der Waals surface area contributed by atoms with Gasteiger partial charge < -0.3 is 25.3 Å². The molecule has 0 bridgehead atoms. The van der Waals surface area contributed by atoms with E-state index in [9.17, 15) is 0 Å². The summed E-state index contributed by atoms with van der Waals surface area (Å²) in [5.41, 5.74) is 7.32. The Bertz CT molecular complexity index is 775. The van der Waals surface area contributed by atoms with Crippen molar-refractivity contribution in [2.24, 2.45) is 5.92 Å². The van der Waals surface area contributed by atoms with Gasteiger partial charge in [-0.25, -0.2) is 0 Å². The first-order valence-electron chi connectivity index (χ1n) is 10.6. The Morgan fingerprint density at radius 2 is 2.07 bits per heavy atom. The lowest BCUT2D eigenvalue weighted by Crippen LogP contribution is -2.28. The van der Waals surface area contributed by atoms with Crippen LogP contribution in [0.15, 0.2) is 0 Å². The highest BCUT2D eigenvalue weighted by Crippen LogP contribution is 2.26. The molecular formula is C20H34N6O3. The molecule has 9 nitrogen and oxygen atoms in total. The van der Waals surface area contributed by atoms with Crippen molar-refractivity contribution in [3.63, 3.8) is 0 Å². The van der Waals surface area contributed by atoms with Crippen molar-refractivity contribution >= 4 is 17.0 Å². The first-order valence-corrected chi connectivity index (χ1v) is 10.6.